The summed E-state index contributed by atoms with van der Waals surface area (Å²) in [4.78, 5) is 10.3. The number of ether oxygens (including phenoxy) is 2. The van der Waals surface area contributed by atoms with Gasteiger partial charge in [-0.1, -0.05) is 0 Å². The van der Waals surface area contributed by atoms with E-state index in [2.05, 4.69) is 0 Å². The molecule has 4 heteroatoms. The number of aliphatic carboxylic acids is 1. The molecule has 1 fully saturated rings. The minimum Gasteiger partial charge on any atom is -0.481 e. The summed E-state index contributed by atoms with van der Waals surface area (Å²) in [5.74, 6) is -0.806. The maximum absolute atomic E-state index is 10.3. The third-order valence-corrected chi connectivity index (χ3v) is 2.06. The van der Waals surface area contributed by atoms with Crippen LogP contribution in [-0.2, 0) is 14.3 Å². The van der Waals surface area contributed by atoms with E-state index in [0.717, 1.165) is 26.1 Å². The van der Waals surface area contributed by atoms with Gasteiger partial charge in [0.05, 0.1) is 18.6 Å². The molecule has 0 aromatic carbocycles. The molecule has 4 nitrogen and oxygen atoms in total. The van der Waals surface area contributed by atoms with Crippen LogP contribution < -0.4 is 0 Å². The van der Waals surface area contributed by atoms with Crippen LogP contribution in [0.15, 0.2) is 0 Å². The first-order chi connectivity index (χ1) is 6.18. The average molecular weight is 188 g/mol. The summed E-state index contributed by atoms with van der Waals surface area (Å²) in [5.41, 5.74) is 0. The molecule has 0 saturated carbocycles. The maximum atomic E-state index is 10.3. The van der Waals surface area contributed by atoms with Gasteiger partial charge in [0.2, 0.25) is 0 Å². The molecule has 1 rings (SSSR count). The molecule has 0 bridgehead atoms. The Morgan fingerprint density at radius 3 is 2.77 bits per heavy atom. The first-order valence-electron chi connectivity index (χ1n) is 4.63. The van der Waals surface area contributed by atoms with Crippen molar-refractivity contribution in [2.75, 3.05) is 13.2 Å². The zero-order chi connectivity index (χ0) is 9.68. The molecule has 1 heterocycles. The van der Waals surface area contributed by atoms with E-state index in [-0.39, 0.29) is 18.6 Å². The fourth-order valence-corrected chi connectivity index (χ4v) is 1.43. The van der Waals surface area contributed by atoms with Crippen molar-refractivity contribution < 1.29 is 19.4 Å². The van der Waals surface area contributed by atoms with Crippen molar-refractivity contribution in [1.82, 2.24) is 0 Å². The molecule has 76 valence electrons. The Balaban J connectivity index is 2.18. The van der Waals surface area contributed by atoms with Gasteiger partial charge in [-0.05, 0) is 19.8 Å². The van der Waals surface area contributed by atoms with E-state index in [4.69, 9.17) is 14.6 Å². The van der Waals surface area contributed by atoms with Crippen LogP contribution in [0.3, 0.4) is 0 Å². The number of hydrogen-bond acceptors (Lipinski definition) is 3. The lowest BCUT2D eigenvalue weighted by Crippen LogP contribution is -2.28. The van der Waals surface area contributed by atoms with E-state index < -0.39 is 5.97 Å². The van der Waals surface area contributed by atoms with Crippen LogP contribution in [0, 0.1) is 0 Å². The first-order valence-corrected chi connectivity index (χ1v) is 4.63. The molecule has 1 aliphatic rings. The number of rotatable bonds is 4. The lowest BCUT2D eigenvalue weighted by molar-refractivity contribution is -0.142. The minimum absolute atomic E-state index is 0.0807. The first kappa shape index (κ1) is 10.5. The third-order valence-electron chi connectivity index (χ3n) is 2.06. The van der Waals surface area contributed by atoms with Gasteiger partial charge in [0.1, 0.15) is 0 Å². The highest BCUT2D eigenvalue weighted by Crippen LogP contribution is 2.13. The Bertz CT molecular complexity index is 163. The Morgan fingerprint density at radius 1 is 1.62 bits per heavy atom. The molecule has 0 aromatic rings. The average Bonchev–Trinajstić information content (AvgIpc) is 2.04. The SMILES string of the molecule is C[C@H](CC(=O)O)OC1CCOCC1. The second kappa shape index (κ2) is 5.19. The lowest BCUT2D eigenvalue weighted by atomic mass is 10.1. The smallest absolute Gasteiger partial charge is 0.305 e. The summed E-state index contributed by atoms with van der Waals surface area (Å²) in [6, 6.07) is 0. The zero-order valence-electron chi connectivity index (χ0n) is 7.86. The van der Waals surface area contributed by atoms with Gasteiger partial charge < -0.3 is 14.6 Å². The summed E-state index contributed by atoms with van der Waals surface area (Å²) < 4.78 is 10.7. The van der Waals surface area contributed by atoms with Gasteiger partial charge in [0, 0.05) is 13.2 Å². The van der Waals surface area contributed by atoms with E-state index >= 15 is 0 Å². The van der Waals surface area contributed by atoms with Crippen LogP contribution in [0.2, 0.25) is 0 Å². The Labute approximate surface area is 77.8 Å². The molecule has 1 saturated heterocycles. The van der Waals surface area contributed by atoms with Crippen molar-refractivity contribution in [1.29, 1.82) is 0 Å². The molecule has 0 spiro atoms. The molecule has 0 radical (unpaired) electrons. The molecule has 0 unspecified atom stereocenters. The Kier molecular flexibility index (Phi) is 4.18. The summed E-state index contributed by atoms with van der Waals surface area (Å²) in [6.07, 6.45) is 1.83. The topological polar surface area (TPSA) is 55.8 Å². The van der Waals surface area contributed by atoms with Crippen molar-refractivity contribution in [3.63, 3.8) is 0 Å². The van der Waals surface area contributed by atoms with Gasteiger partial charge in [-0.2, -0.15) is 0 Å². The van der Waals surface area contributed by atoms with E-state index in [1.165, 1.54) is 0 Å². The molecule has 0 aliphatic carbocycles. The third kappa shape index (κ3) is 4.24. The highest BCUT2D eigenvalue weighted by atomic mass is 16.5. The van der Waals surface area contributed by atoms with Gasteiger partial charge in [-0.3, -0.25) is 4.79 Å². The van der Waals surface area contributed by atoms with Gasteiger partial charge in [0.25, 0.3) is 0 Å². The molecule has 0 amide bonds. The normalized spacial score (nSPS) is 21.3. The van der Waals surface area contributed by atoms with Crippen LogP contribution in [0.1, 0.15) is 26.2 Å². The molecule has 1 aliphatic heterocycles. The summed E-state index contributed by atoms with van der Waals surface area (Å²) in [6.45, 7) is 3.25. The molecule has 13 heavy (non-hydrogen) atoms. The largest absolute Gasteiger partial charge is 0.481 e. The van der Waals surface area contributed by atoms with E-state index in [0.29, 0.717) is 0 Å². The van der Waals surface area contributed by atoms with Crippen LogP contribution in [-0.4, -0.2) is 36.5 Å². The van der Waals surface area contributed by atoms with Gasteiger partial charge in [0.15, 0.2) is 0 Å². The second-order valence-corrected chi connectivity index (χ2v) is 3.36. The Morgan fingerprint density at radius 2 is 2.23 bits per heavy atom. The van der Waals surface area contributed by atoms with E-state index in [1.807, 2.05) is 0 Å². The highest BCUT2D eigenvalue weighted by Gasteiger charge is 2.18. The fraction of sp³-hybridized carbons (Fsp3) is 0.889. The Hall–Kier alpha value is -0.610. The summed E-state index contributed by atoms with van der Waals surface area (Å²) in [7, 11) is 0. The van der Waals surface area contributed by atoms with Crippen LogP contribution in [0.25, 0.3) is 0 Å². The van der Waals surface area contributed by atoms with Crippen molar-refractivity contribution >= 4 is 5.97 Å². The highest BCUT2D eigenvalue weighted by molar-refractivity contribution is 5.67. The zero-order valence-corrected chi connectivity index (χ0v) is 7.86. The second-order valence-electron chi connectivity index (χ2n) is 3.36. The van der Waals surface area contributed by atoms with Crippen molar-refractivity contribution in [2.24, 2.45) is 0 Å². The van der Waals surface area contributed by atoms with Gasteiger partial charge >= 0.3 is 5.97 Å². The van der Waals surface area contributed by atoms with E-state index in [9.17, 15) is 4.79 Å². The molecular formula is C9H16O4. The molecular weight excluding hydrogens is 172 g/mol. The number of hydrogen-bond donors (Lipinski definition) is 1. The molecule has 0 aromatic heterocycles. The maximum Gasteiger partial charge on any atom is 0.305 e. The number of carbonyl (C=O) groups is 1. The minimum atomic E-state index is -0.806. The molecule has 1 atom stereocenters. The van der Waals surface area contributed by atoms with Crippen LogP contribution in [0.4, 0.5) is 0 Å². The van der Waals surface area contributed by atoms with Crippen LogP contribution in [0.5, 0.6) is 0 Å². The molecule has 1 N–H and O–H groups in total. The van der Waals surface area contributed by atoms with E-state index in [1.54, 1.807) is 6.92 Å². The fourth-order valence-electron chi connectivity index (χ4n) is 1.43. The number of carboxylic acid groups (broad SMARTS) is 1. The van der Waals surface area contributed by atoms with Crippen LogP contribution >= 0.6 is 0 Å². The van der Waals surface area contributed by atoms with Crippen molar-refractivity contribution in [2.45, 2.75) is 38.4 Å². The summed E-state index contributed by atoms with van der Waals surface area (Å²) >= 11 is 0. The predicted molar refractivity (Wildman–Crippen MR) is 46.6 cm³/mol. The van der Waals surface area contributed by atoms with Crippen molar-refractivity contribution in [3.05, 3.63) is 0 Å². The standard InChI is InChI=1S/C9H16O4/c1-7(6-9(10)11)13-8-2-4-12-5-3-8/h7-8H,2-6H2,1H3,(H,10,11)/t7-/m1/s1. The van der Waals surface area contributed by atoms with Gasteiger partial charge in [-0.15, -0.1) is 0 Å². The number of carboxylic acids is 1. The quantitative estimate of drug-likeness (QED) is 0.716. The lowest BCUT2D eigenvalue weighted by Gasteiger charge is -2.25. The monoisotopic (exact) mass is 188 g/mol. The predicted octanol–water partition coefficient (Wildman–Crippen LogP) is 1.05. The van der Waals surface area contributed by atoms with Crippen molar-refractivity contribution in [3.8, 4) is 0 Å². The summed E-state index contributed by atoms with van der Waals surface area (Å²) in [5, 5.41) is 8.51. The van der Waals surface area contributed by atoms with Gasteiger partial charge in [-0.25, -0.2) is 0 Å².